The first-order valence-electron chi connectivity index (χ1n) is 10.3. The third-order valence-corrected chi connectivity index (χ3v) is 6.10. The molecule has 5 rings (SSSR count). The van der Waals surface area contributed by atoms with E-state index >= 15 is 0 Å². The van der Waals surface area contributed by atoms with Crippen LogP contribution >= 0.6 is 11.6 Å². The summed E-state index contributed by atoms with van der Waals surface area (Å²) in [5.41, 5.74) is 3.43. The fourth-order valence-electron chi connectivity index (χ4n) is 4.49. The number of aryl methyl sites for hydroxylation is 1. The van der Waals surface area contributed by atoms with Crippen LogP contribution in [0.3, 0.4) is 0 Å². The molecule has 2 aromatic heterocycles. The van der Waals surface area contributed by atoms with E-state index in [-0.39, 0.29) is 18.2 Å². The van der Waals surface area contributed by atoms with Crippen molar-refractivity contribution in [3.05, 3.63) is 81.1 Å². The molecule has 7 heteroatoms. The second kappa shape index (κ2) is 8.04. The van der Waals surface area contributed by atoms with Crippen molar-refractivity contribution < 1.29 is 9.84 Å². The van der Waals surface area contributed by atoms with Crippen molar-refractivity contribution in [1.29, 1.82) is 0 Å². The number of rotatable bonds is 3. The number of aliphatic hydroxyl groups is 1. The van der Waals surface area contributed by atoms with Gasteiger partial charge in [0, 0.05) is 17.7 Å². The largest absolute Gasteiger partial charge is 0.389 e. The Balaban J connectivity index is 1.71. The monoisotopic (exact) mass is 435 g/mol. The molecular formula is C24H22ClN3O3. The number of benzene rings is 2. The lowest BCUT2D eigenvalue weighted by Crippen LogP contribution is -2.39. The highest BCUT2D eigenvalue weighted by atomic mass is 35.5. The summed E-state index contributed by atoms with van der Waals surface area (Å²) in [6, 6.07) is 13.4. The number of aromatic nitrogens is 3. The maximum absolute atomic E-state index is 13.5. The molecule has 0 unspecified atom stereocenters. The van der Waals surface area contributed by atoms with Crippen molar-refractivity contribution in [3.63, 3.8) is 0 Å². The molecule has 1 fully saturated rings. The number of nitrogens with zero attached hydrogens (tertiary/aromatic N) is 3. The standard InChI is InChI=1S/C24H22ClN3O3/c1-14-8-15(10-22(25)27-14)9-16-11-19-23(18-5-3-2-4-17(16)18)26-13-28(24(19)30)20-6-7-31-12-21(20)29/h2-5,8,10-11,13,20-21,29H,6-7,9,12H2,1H3/t20-,21-/m0/s1. The van der Waals surface area contributed by atoms with Crippen molar-refractivity contribution in [2.24, 2.45) is 0 Å². The maximum Gasteiger partial charge on any atom is 0.261 e. The van der Waals surface area contributed by atoms with Crippen molar-refractivity contribution in [3.8, 4) is 0 Å². The number of aliphatic hydroxyl groups excluding tert-OH is 1. The van der Waals surface area contributed by atoms with E-state index in [0.717, 1.165) is 27.6 Å². The van der Waals surface area contributed by atoms with Gasteiger partial charge in [-0.15, -0.1) is 0 Å². The fraction of sp³-hybridized carbons (Fsp3) is 0.292. The van der Waals surface area contributed by atoms with Crippen LogP contribution in [0, 0.1) is 6.92 Å². The van der Waals surface area contributed by atoms with Crippen molar-refractivity contribution in [2.75, 3.05) is 13.2 Å². The van der Waals surface area contributed by atoms with Gasteiger partial charge in [-0.1, -0.05) is 35.9 Å². The Hall–Kier alpha value is -2.80. The molecule has 31 heavy (non-hydrogen) atoms. The van der Waals surface area contributed by atoms with E-state index in [9.17, 15) is 9.90 Å². The molecule has 0 radical (unpaired) electrons. The van der Waals surface area contributed by atoms with E-state index in [1.165, 1.54) is 0 Å². The van der Waals surface area contributed by atoms with E-state index in [0.29, 0.717) is 35.5 Å². The molecule has 1 aliphatic heterocycles. The van der Waals surface area contributed by atoms with Crippen molar-refractivity contribution in [1.82, 2.24) is 14.5 Å². The molecule has 3 heterocycles. The molecule has 1 aliphatic rings. The van der Waals surface area contributed by atoms with Crippen LogP contribution in [0.1, 0.15) is 29.3 Å². The smallest absolute Gasteiger partial charge is 0.261 e. The normalized spacial score (nSPS) is 19.2. The summed E-state index contributed by atoms with van der Waals surface area (Å²) in [5, 5.41) is 13.4. The second-order valence-electron chi connectivity index (χ2n) is 8.05. The molecule has 1 N–H and O–H groups in total. The Morgan fingerprint density at radius 2 is 2.00 bits per heavy atom. The first-order valence-corrected chi connectivity index (χ1v) is 10.7. The van der Waals surface area contributed by atoms with E-state index in [1.807, 2.05) is 43.3 Å². The highest BCUT2D eigenvalue weighted by Gasteiger charge is 2.27. The molecule has 2 atom stereocenters. The van der Waals surface area contributed by atoms with E-state index in [4.69, 9.17) is 16.3 Å². The van der Waals surface area contributed by atoms with E-state index in [2.05, 4.69) is 16.0 Å². The quantitative estimate of drug-likeness (QED) is 0.391. The maximum atomic E-state index is 13.5. The molecule has 6 nitrogen and oxygen atoms in total. The third-order valence-electron chi connectivity index (χ3n) is 5.90. The Kier molecular flexibility index (Phi) is 5.22. The van der Waals surface area contributed by atoms with Gasteiger partial charge in [0.2, 0.25) is 0 Å². The Morgan fingerprint density at radius 3 is 2.77 bits per heavy atom. The molecule has 0 saturated carbocycles. The number of halogens is 1. The summed E-state index contributed by atoms with van der Waals surface area (Å²) in [6.07, 6.45) is 2.02. The van der Waals surface area contributed by atoms with Gasteiger partial charge >= 0.3 is 0 Å². The zero-order chi connectivity index (χ0) is 21.5. The summed E-state index contributed by atoms with van der Waals surface area (Å²) in [6.45, 7) is 2.65. The summed E-state index contributed by atoms with van der Waals surface area (Å²) >= 11 is 6.17. The van der Waals surface area contributed by atoms with Gasteiger partial charge in [0.05, 0.1) is 36.0 Å². The summed E-state index contributed by atoms with van der Waals surface area (Å²) in [4.78, 5) is 22.3. The van der Waals surface area contributed by atoms with Crippen LogP contribution in [0.5, 0.6) is 0 Å². The molecule has 2 aromatic carbocycles. The minimum absolute atomic E-state index is 0.146. The average Bonchev–Trinajstić information content (AvgIpc) is 2.75. The molecule has 4 aromatic rings. The van der Waals surface area contributed by atoms with Gasteiger partial charge in [0.15, 0.2) is 0 Å². The topological polar surface area (TPSA) is 77.2 Å². The van der Waals surface area contributed by atoms with Gasteiger partial charge in [0.25, 0.3) is 5.56 Å². The van der Waals surface area contributed by atoms with Crippen LogP contribution in [0.4, 0.5) is 0 Å². The van der Waals surface area contributed by atoms with Gasteiger partial charge in [-0.25, -0.2) is 9.97 Å². The minimum Gasteiger partial charge on any atom is -0.389 e. The number of ether oxygens (including phenoxy) is 1. The molecule has 0 bridgehead atoms. The number of fused-ring (bicyclic) bond motifs is 3. The van der Waals surface area contributed by atoms with Gasteiger partial charge in [0.1, 0.15) is 5.15 Å². The predicted octanol–water partition coefficient (Wildman–Crippen LogP) is 3.82. The van der Waals surface area contributed by atoms with E-state index < -0.39 is 6.10 Å². The van der Waals surface area contributed by atoms with Crippen LogP contribution in [-0.4, -0.2) is 39.0 Å². The van der Waals surface area contributed by atoms with Crippen LogP contribution in [0.2, 0.25) is 5.15 Å². The lowest BCUT2D eigenvalue weighted by molar-refractivity contribution is -0.0395. The first-order chi connectivity index (χ1) is 15.0. The molecule has 0 aliphatic carbocycles. The van der Waals surface area contributed by atoms with Gasteiger partial charge in [-0.05, 0) is 54.5 Å². The Labute approximate surface area is 184 Å². The molecule has 1 saturated heterocycles. The third kappa shape index (κ3) is 3.71. The lowest BCUT2D eigenvalue weighted by atomic mass is 9.96. The predicted molar refractivity (Wildman–Crippen MR) is 121 cm³/mol. The van der Waals surface area contributed by atoms with Crippen LogP contribution in [-0.2, 0) is 11.2 Å². The number of hydrogen-bond donors (Lipinski definition) is 1. The van der Waals surface area contributed by atoms with Crippen LogP contribution in [0.15, 0.2) is 53.6 Å². The average molecular weight is 436 g/mol. The highest BCUT2D eigenvalue weighted by Crippen LogP contribution is 2.29. The number of pyridine rings is 1. The fourth-order valence-corrected chi connectivity index (χ4v) is 4.76. The Morgan fingerprint density at radius 1 is 1.19 bits per heavy atom. The van der Waals surface area contributed by atoms with E-state index in [1.54, 1.807) is 10.9 Å². The first kappa shape index (κ1) is 20.1. The van der Waals surface area contributed by atoms with Gasteiger partial charge in [-0.2, -0.15) is 0 Å². The molecule has 0 amide bonds. The van der Waals surface area contributed by atoms with Crippen molar-refractivity contribution in [2.45, 2.75) is 31.9 Å². The van der Waals surface area contributed by atoms with Crippen LogP contribution < -0.4 is 5.56 Å². The van der Waals surface area contributed by atoms with Gasteiger partial charge in [-0.3, -0.25) is 9.36 Å². The zero-order valence-corrected chi connectivity index (χ0v) is 17.8. The second-order valence-corrected chi connectivity index (χ2v) is 8.44. The highest BCUT2D eigenvalue weighted by molar-refractivity contribution is 6.29. The summed E-state index contributed by atoms with van der Waals surface area (Å²) in [5.74, 6) is 0. The lowest BCUT2D eigenvalue weighted by Gasteiger charge is -2.29. The zero-order valence-electron chi connectivity index (χ0n) is 17.1. The number of hydrogen-bond acceptors (Lipinski definition) is 5. The summed E-state index contributed by atoms with van der Waals surface area (Å²) in [7, 11) is 0. The summed E-state index contributed by atoms with van der Waals surface area (Å²) < 4.78 is 6.88. The van der Waals surface area contributed by atoms with Gasteiger partial charge < -0.3 is 9.84 Å². The Bertz CT molecular complexity index is 1330. The van der Waals surface area contributed by atoms with Crippen LogP contribution in [0.25, 0.3) is 21.7 Å². The molecule has 0 spiro atoms. The van der Waals surface area contributed by atoms with Crippen molar-refractivity contribution >= 4 is 33.3 Å². The molecule has 158 valence electrons. The SMILES string of the molecule is Cc1cc(Cc2cc3c(=O)n([C@H]4CCOC[C@@H]4O)cnc3c3ccccc23)cc(Cl)n1. The minimum atomic E-state index is -0.729. The molecular weight excluding hydrogens is 414 g/mol.